The van der Waals surface area contributed by atoms with E-state index in [1.807, 2.05) is 23.2 Å². The van der Waals surface area contributed by atoms with Crippen molar-refractivity contribution in [2.24, 2.45) is 12.8 Å². The zero-order chi connectivity index (χ0) is 11.5. The molecule has 2 N–H and O–H groups in total. The highest BCUT2D eigenvalue weighted by Gasteiger charge is 2.13. The molecule has 2 aromatic heterocycles. The van der Waals surface area contributed by atoms with Crippen LogP contribution in [0.2, 0.25) is 0 Å². The Bertz CT molecular complexity index is 457. The lowest BCUT2D eigenvalue weighted by Gasteiger charge is -2.11. The topological polar surface area (TPSA) is 74.6 Å². The first-order valence-electron chi connectivity index (χ1n) is 5.30. The summed E-state index contributed by atoms with van der Waals surface area (Å²) in [7, 11) is 1.94. The van der Waals surface area contributed by atoms with E-state index in [4.69, 9.17) is 5.73 Å². The molecule has 0 saturated heterocycles. The molecule has 0 aliphatic heterocycles. The lowest BCUT2D eigenvalue weighted by Crippen LogP contribution is -2.19. The van der Waals surface area contributed by atoms with Crippen molar-refractivity contribution in [3.8, 4) is 0 Å². The van der Waals surface area contributed by atoms with Gasteiger partial charge >= 0.3 is 0 Å². The van der Waals surface area contributed by atoms with E-state index >= 15 is 0 Å². The molecule has 16 heavy (non-hydrogen) atoms. The second-order valence-corrected chi connectivity index (χ2v) is 3.73. The first kappa shape index (κ1) is 10.8. The van der Waals surface area contributed by atoms with Gasteiger partial charge in [0.15, 0.2) is 0 Å². The Morgan fingerprint density at radius 2 is 2.31 bits per heavy atom. The molecule has 1 unspecified atom stereocenters. The number of aromatic nitrogens is 5. The fourth-order valence-corrected chi connectivity index (χ4v) is 1.74. The minimum absolute atomic E-state index is 0.0954. The molecule has 0 aromatic carbocycles. The summed E-state index contributed by atoms with van der Waals surface area (Å²) in [5.41, 5.74) is 7.12. The van der Waals surface area contributed by atoms with Gasteiger partial charge in [-0.15, -0.1) is 0 Å². The van der Waals surface area contributed by atoms with Crippen LogP contribution < -0.4 is 5.73 Å². The van der Waals surface area contributed by atoms with Crippen LogP contribution in [0.5, 0.6) is 0 Å². The Hall–Kier alpha value is -1.69. The zero-order valence-electron chi connectivity index (χ0n) is 9.54. The molecule has 2 aromatic rings. The predicted molar refractivity (Wildman–Crippen MR) is 59.5 cm³/mol. The van der Waals surface area contributed by atoms with Gasteiger partial charge in [-0.1, -0.05) is 0 Å². The fraction of sp³-hybridized carbons (Fsp3) is 0.500. The molecule has 0 spiro atoms. The summed E-state index contributed by atoms with van der Waals surface area (Å²) in [5, 5.41) is 4.12. The lowest BCUT2D eigenvalue weighted by molar-refractivity contribution is 0.566. The smallest absolute Gasteiger partial charge is 0.138 e. The van der Waals surface area contributed by atoms with Crippen molar-refractivity contribution in [3.05, 3.63) is 30.4 Å². The average molecular weight is 220 g/mol. The standard InChI is InChI=1S/C10H16N6/c1-3-16-10(13-6-14-16)4-8(11)9-5-12-7-15(9)2/h5-8H,3-4,11H2,1-2H3. The second-order valence-electron chi connectivity index (χ2n) is 3.73. The van der Waals surface area contributed by atoms with Crippen molar-refractivity contribution >= 4 is 0 Å². The molecule has 0 aliphatic rings. The summed E-state index contributed by atoms with van der Waals surface area (Å²) in [5.74, 6) is 0.913. The van der Waals surface area contributed by atoms with Crippen LogP contribution >= 0.6 is 0 Å². The number of hydrogen-bond acceptors (Lipinski definition) is 4. The molecule has 1 atom stereocenters. The molecular formula is C10H16N6. The van der Waals surface area contributed by atoms with Crippen molar-refractivity contribution in [1.29, 1.82) is 0 Å². The van der Waals surface area contributed by atoms with E-state index < -0.39 is 0 Å². The van der Waals surface area contributed by atoms with Crippen molar-refractivity contribution in [2.75, 3.05) is 0 Å². The molecule has 0 amide bonds. The minimum atomic E-state index is -0.0954. The molecule has 0 aliphatic carbocycles. The van der Waals surface area contributed by atoms with Gasteiger partial charge in [0.25, 0.3) is 0 Å². The number of nitrogens with zero attached hydrogens (tertiary/aromatic N) is 5. The Morgan fingerprint density at radius 1 is 1.50 bits per heavy atom. The Balaban J connectivity index is 2.13. The minimum Gasteiger partial charge on any atom is -0.336 e. The van der Waals surface area contributed by atoms with Crippen LogP contribution in [0.15, 0.2) is 18.9 Å². The van der Waals surface area contributed by atoms with Gasteiger partial charge in [-0.05, 0) is 6.92 Å². The van der Waals surface area contributed by atoms with Crippen LogP contribution in [0.1, 0.15) is 24.5 Å². The fourth-order valence-electron chi connectivity index (χ4n) is 1.74. The van der Waals surface area contributed by atoms with Crippen molar-refractivity contribution < 1.29 is 0 Å². The zero-order valence-corrected chi connectivity index (χ0v) is 9.54. The maximum absolute atomic E-state index is 6.11. The maximum atomic E-state index is 6.11. The highest BCUT2D eigenvalue weighted by atomic mass is 15.3. The van der Waals surface area contributed by atoms with E-state index in [0.717, 1.165) is 18.1 Å². The lowest BCUT2D eigenvalue weighted by atomic mass is 10.1. The van der Waals surface area contributed by atoms with E-state index in [1.165, 1.54) is 0 Å². The largest absolute Gasteiger partial charge is 0.336 e. The Morgan fingerprint density at radius 3 is 2.94 bits per heavy atom. The Labute approximate surface area is 94.1 Å². The summed E-state index contributed by atoms with van der Waals surface area (Å²) in [6.45, 7) is 2.85. The summed E-state index contributed by atoms with van der Waals surface area (Å²) in [6.07, 6.45) is 5.78. The van der Waals surface area contributed by atoms with E-state index in [1.54, 1.807) is 18.9 Å². The Kier molecular flexibility index (Phi) is 3.00. The first-order chi connectivity index (χ1) is 7.72. The summed E-state index contributed by atoms with van der Waals surface area (Å²) in [6, 6.07) is -0.0954. The van der Waals surface area contributed by atoms with Crippen molar-refractivity contribution in [3.63, 3.8) is 0 Å². The van der Waals surface area contributed by atoms with E-state index in [2.05, 4.69) is 15.1 Å². The molecule has 0 fully saturated rings. The van der Waals surface area contributed by atoms with Gasteiger partial charge < -0.3 is 10.3 Å². The first-order valence-corrected chi connectivity index (χ1v) is 5.30. The molecule has 2 rings (SSSR count). The molecule has 0 bridgehead atoms. The third kappa shape index (κ3) is 1.96. The highest BCUT2D eigenvalue weighted by Crippen LogP contribution is 2.13. The number of imidazole rings is 1. The van der Waals surface area contributed by atoms with Crippen molar-refractivity contribution in [2.45, 2.75) is 25.9 Å². The maximum Gasteiger partial charge on any atom is 0.138 e. The molecular weight excluding hydrogens is 204 g/mol. The summed E-state index contributed by atoms with van der Waals surface area (Å²) >= 11 is 0. The predicted octanol–water partition coefficient (Wildman–Crippen LogP) is 0.274. The third-order valence-electron chi connectivity index (χ3n) is 2.63. The highest BCUT2D eigenvalue weighted by molar-refractivity contribution is 5.07. The van der Waals surface area contributed by atoms with Gasteiger partial charge in [0.2, 0.25) is 0 Å². The normalized spacial score (nSPS) is 12.9. The van der Waals surface area contributed by atoms with Crippen LogP contribution in [0.3, 0.4) is 0 Å². The number of aryl methyl sites for hydroxylation is 2. The van der Waals surface area contributed by atoms with Crippen LogP contribution in [0.4, 0.5) is 0 Å². The quantitative estimate of drug-likeness (QED) is 0.802. The van der Waals surface area contributed by atoms with Gasteiger partial charge in [0.05, 0.1) is 18.1 Å². The van der Waals surface area contributed by atoms with Gasteiger partial charge in [0.1, 0.15) is 12.2 Å². The third-order valence-corrected chi connectivity index (χ3v) is 2.63. The number of rotatable bonds is 4. The SMILES string of the molecule is CCn1ncnc1CC(N)c1cncn1C. The molecule has 86 valence electrons. The van der Waals surface area contributed by atoms with Gasteiger partial charge in [-0.3, -0.25) is 4.68 Å². The summed E-state index contributed by atoms with van der Waals surface area (Å²) < 4.78 is 3.79. The average Bonchev–Trinajstić information content (AvgIpc) is 2.86. The van der Waals surface area contributed by atoms with Crippen LogP contribution in [0.25, 0.3) is 0 Å². The second kappa shape index (κ2) is 4.44. The van der Waals surface area contributed by atoms with Gasteiger partial charge in [0, 0.05) is 26.2 Å². The van der Waals surface area contributed by atoms with E-state index in [-0.39, 0.29) is 6.04 Å². The van der Waals surface area contributed by atoms with Gasteiger partial charge in [-0.2, -0.15) is 5.10 Å². The van der Waals surface area contributed by atoms with E-state index in [9.17, 15) is 0 Å². The molecule has 2 heterocycles. The molecule has 6 nitrogen and oxygen atoms in total. The van der Waals surface area contributed by atoms with Crippen LogP contribution in [-0.4, -0.2) is 24.3 Å². The monoisotopic (exact) mass is 220 g/mol. The van der Waals surface area contributed by atoms with Gasteiger partial charge in [-0.25, -0.2) is 9.97 Å². The number of hydrogen-bond donors (Lipinski definition) is 1. The van der Waals surface area contributed by atoms with Crippen molar-refractivity contribution in [1.82, 2.24) is 24.3 Å². The molecule has 0 saturated carbocycles. The molecule has 6 heteroatoms. The summed E-state index contributed by atoms with van der Waals surface area (Å²) in [4.78, 5) is 8.26. The van der Waals surface area contributed by atoms with Crippen LogP contribution in [0, 0.1) is 0 Å². The molecule has 0 radical (unpaired) electrons. The van der Waals surface area contributed by atoms with E-state index in [0.29, 0.717) is 6.42 Å². The number of nitrogens with two attached hydrogens (primary N) is 1. The van der Waals surface area contributed by atoms with Crippen LogP contribution in [-0.2, 0) is 20.0 Å².